The number of aryl methyl sites for hydroxylation is 1. The lowest BCUT2D eigenvalue weighted by atomic mass is 9.99. The van der Waals surface area contributed by atoms with Crippen LogP contribution in [0.25, 0.3) is 22.4 Å². The first-order valence-electron chi connectivity index (χ1n) is 6.09. The number of halogens is 1. The van der Waals surface area contributed by atoms with Crippen molar-refractivity contribution in [2.45, 2.75) is 6.92 Å². The molecule has 3 rings (SSSR count). The molecule has 0 atom stereocenters. The number of nitrogens with two attached hydrogens (primary N) is 1. The average molecular weight is 286 g/mol. The second kappa shape index (κ2) is 4.98. The molecule has 0 fully saturated rings. The van der Waals surface area contributed by atoms with E-state index in [1.807, 2.05) is 37.3 Å². The fraction of sp³-hybridized carbons (Fsp3) is 0.0667. The molecule has 0 saturated heterocycles. The molecule has 2 heterocycles. The van der Waals surface area contributed by atoms with E-state index in [2.05, 4.69) is 10.1 Å². The molecule has 1 aromatic carbocycles. The van der Waals surface area contributed by atoms with Gasteiger partial charge in [-0.3, -0.25) is 4.98 Å². The number of rotatable bonds is 2. The number of nitrogens with zero attached hydrogens (tertiary/aromatic N) is 2. The predicted octanol–water partition coefficient (Wildman–Crippen LogP) is 3.95. The molecule has 0 unspecified atom stereocenters. The third kappa shape index (κ3) is 2.14. The lowest BCUT2D eigenvalue weighted by molar-refractivity contribution is 0.439. The standard InChI is InChI=1S/C15H12ClN3O/c1-9-7-11(16)4-5-12(9)14-13(15(17)20-19-14)10-3-2-6-18-8-10/h2-8H,17H2,1H3. The van der Waals surface area contributed by atoms with Crippen LogP contribution in [-0.2, 0) is 0 Å². The lowest BCUT2D eigenvalue weighted by Gasteiger charge is -2.06. The minimum absolute atomic E-state index is 0.280. The maximum atomic E-state index is 5.99. The summed E-state index contributed by atoms with van der Waals surface area (Å²) in [6.45, 7) is 1.97. The highest BCUT2D eigenvalue weighted by atomic mass is 35.5. The SMILES string of the molecule is Cc1cc(Cl)ccc1-c1noc(N)c1-c1cccnc1. The first kappa shape index (κ1) is 12.7. The molecular weight excluding hydrogens is 274 g/mol. The van der Waals surface area contributed by atoms with Crippen LogP contribution in [0.3, 0.4) is 0 Å². The number of anilines is 1. The molecule has 5 heteroatoms. The Hall–Kier alpha value is -2.33. The zero-order valence-electron chi connectivity index (χ0n) is 10.8. The Morgan fingerprint density at radius 2 is 2.10 bits per heavy atom. The Labute approximate surface area is 121 Å². The summed E-state index contributed by atoms with van der Waals surface area (Å²) in [5.41, 5.74) is 10.2. The van der Waals surface area contributed by atoms with Gasteiger partial charge < -0.3 is 10.3 Å². The zero-order chi connectivity index (χ0) is 14.1. The van der Waals surface area contributed by atoms with Gasteiger partial charge in [-0.2, -0.15) is 0 Å². The summed E-state index contributed by atoms with van der Waals surface area (Å²) in [4.78, 5) is 4.11. The molecular formula is C15H12ClN3O. The lowest BCUT2D eigenvalue weighted by Crippen LogP contribution is -1.90. The zero-order valence-corrected chi connectivity index (χ0v) is 11.6. The summed E-state index contributed by atoms with van der Waals surface area (Å²) in [6.07, 6.45) is 3.44. The number of nitrogen functional groups attached to an aromatic ring is 1. The Morgan fingerprint density at radius 1 is 1.25 bits per heavy atom. The van der Waals surface area contributed by atoms with Gasteiger partial charge in [-0.25, -0.2) is 0 Å². The first-order chi connectivity index (χ1) is 9.66. The van der Waals surface area contributed by atoms with Crippen molar-refractivity contribution in [2.75, 3.05) is 5.73 Å². The topological polar surface area (TPSA) is 64.9 Å². The molecule has 3 aromatic rings. The van der Waals surface area contributed by atoms with E-state index in [9.17, 15) is 0 Å². The Balaban J connectivity index is 2.21. The van der Waals surface area contributed by atoms with Gasteiger partial charge in [0.1, 0.15) is 5.69 Å². The van der Waals surface area contributed by atoms with Gasteiger partial charge in [-0.1, -0.05) is 28.9 Å². The third-order valence-corrected chi connectivity index (χ3v) is 3.35. The molecule has 4 nitrogen and oxygen atoms in total. The monoisotopic (exact) mass is 285 g/mol. The van der Waals surface area contributed by atoms with E-state index in [1.54, 1.807) is 12.4 Å². The fourth-order valence-electron chi connectivity index (χ4n) is 2.17. The van der Waals surface area contributed by atoms with Crippen LogP contribution in [0.2, 0.25) is 5.02 Å². The normalized spacial score (nSPS) is 10.7. The van der Waals surface area contributed by atoms with Crippen LogP contribution in [0.4, 0.5) is 5.88 Å². The average Bonchev–Trinajstić information content (AvgIpc) is 2.81. The minimum atomic E-state index is 0.280. The molecule has 0 aliphatic heterocycles. The highest BCUT2D eigenvalue weighted by Gasteiger charge is 2.18. The first-order valence-corrected chi connectivity index (χ1v) is 6.46. The Bertz CT molecular complexity index is 753. The van der Waals surface area contributed by atoms with Crippen molar-refractivity contribution >= 4 is 17.5 Å². The summed E-state index contributed by atoms with van der Waals surface area (Å²) >= 11 is 5.99. The van der Waals surface area contributed by atoms with Crippen LogP contribution in [-0.4, -0.2) is 10.1 Å². The van der Waals surface area contributed by atoms with E-state index >= 15 is 0 Å². The minimum Gasteiger partial charge on any atom is -0.367 e. The summed E-state index contributed by atoms with van der Waals surface area (Å²) in [7, 11) is 0. The maximum Gasteiger partial charge on any atom is 0.230 e. The van der Waals surface area contributed by atoms with Crippen molar-refractivity contribution in [2.24, 2.45) is 0 Å². The molecule has 2 aromatic heterocycles. The van der Waals surface area contributed by atoms with E-state index in [0.29, 0.717) is 10.7 Å². The van der Waals surface area contributed by atoms with Gasteiger partial charge in [0.25, 0.3) is 0 Å². The van der Waals surface area contributed by atoms with Crippen molar-refractivity contribution in [1.29, 1.82) is 0 Å². The van der Waals surface area contributed by atoms with E-state index < -0.39 is 0 Å². The largest absolute Gasteiger partial charge is 0.367 e. The molecule has 20 heavy (non-hydrogen) atoms. The second-order valence-electron chi connectivity index (χ2n) is 4.47. The van der Waals surface area contributed by atoms with Crippen molar-refractivity contribution < 1.29 is 4.52 Å². The summed E-state index contributed by atoms with van der Waals surface area (Å²) in [5, 5.41) is 4.77. The molecule has 100 valence electrons. The van der Waals surface area contributed by atoms with Crippen LogP contribution < -0.4 is 5.73 Å². The quantitative estimate of drug-likeness (QED) is 0.774. The number of aromatic nitrogens is 2. The van der Waals surface area contributed by atoms with Gasteiger partial charge in [0.2, 0.25) is 5.88 Å². The molecule has 0 spiro atoms. The van der Waals surface area contributed by atoms with E-state index in [1.165, 1.54) is 0 Å². The third-order valence-electron chi connectivity index (χ3n) is 3.11. The van der Waals surface area contributed by atoms with Crippen LogP contribution in [0.1, 0.15) is 5.56 Å². The maximum absolute atomic E-state index is 5.99. The predicted molar refractivity (Wildman–Crippen MR) is 79.3 cm³/mol. The van der Waals surface area contributed by atoms with E-state index in [0.717, 1.165) is 22.3 Å². The van der Waals surface area contributed by atoms with Crippen molar-refractivity contribution in [3.05, 3.63) is 53.3 Å². The van der Waals surface area contributed by atoms with Gasteiger partial charge in [-0.15, -0.1) is 0 Å². The van der Waals surface area contributed by atoms with Crippen molar-refractivity contribution in [1.82, 2.24) is 10.1 Å². The Morgan fingerprint density at radius 3 is 2.80 bits per heavy atom. The molecule has 0 aliphatic rings. The summed E-state index contributed by atoms with van der Waals surface area (Å²) < 4.78 is 5.16. The molecule has 2 N–H and O–H groups in total. The highest BCUT2D eigenvalue weighted by molar-refractivity contribution is 6.30. The fourth-order valence-corrected chi connectivity index (χ4v) is 2.40. The number of hydrogen-bond acceptors (Lipinski definition) is 4. The van der Waals surface area contributed by atoms with Gasteiger partial charge in [0, 0.05) is 28.5 Å². The van der Waals surface area contributed by atoms with Gasteiger partial charge in [-0.05, 0) is 30.7 Å². The Kier molecular flexibility index (Phi) is 3.16. The molecule has 0 aliphatic carbocycles. The number of benzene rings is 1. The summed E-state index contributed by atoms with van der Waals surface area (Å²) in [6, 6.07) is 9.39. The van der Waals surface area contributed by atoms with Gasteiger partial charge in [0.05, 0.1) is 5.56 Å². The molecule has 0 bridgehead atoms. The van der Waals surface area contributed by atoms with Crippen molar-refractivity contribution in [3.8, 4) is 22.4 Å². The summed E-state index contributed by atoms with van der Waals surface area (Å²) in [5.74, 6) is 0.280. The number of hydrogen-bond donors (Lipinski definition) is 1. The molecule has 0 radical (unpaired) electrons. The van der Waals surface area contributed by atoms with Crippen LogP contribution in [0.15, 0.2) is 47.2 Å². The van der Waals surface area contributed by atoms with Crippen LogP contribution in [0, 0.1) is 6.92 Å². The smallest absolute Gasteiger partial charge is 0.230 e. The van der Waals surface area contributed by atoms with Crippen LogP contribution >= 0.6 is 11.6 Å². The van der Waals surface area contributed by atoms with Crippen molar-refractivity contribution in [3.63, 3.8) is 0 Å². The van der Waals surface area contributed by atoms with Gasteiger partial charge in [0.15, 0.2) is 0 Å². The second-order valence-corrected chi connectivity index (χ2v) is 4.91. The van der Waals surface area contributed by atoms with Crippen LogP contribution in [0.5, 0.6) is 0 Å². The van der Waals surface area contributed by atoms with Gasteiger partial charge >= 0.3 is 0 Å². The van der Waals surface area contributed by atoms with E-state index in [-0.39, 0.29) is 5.88 Å². The molecule has 0 amide bonds. The number of pyridine rings is 1. The molecule has 0 saturated carbocycles. The van der Waals surface area contributed by atoms with E-state index in [4.69, 9.17) is 21.9 Å². The highest BCUT2D eigenvalue weighted by Crippen LogP contribution is 2.37.